The van der Waals surface area contributed by atoms with E-state index in [4.69, 9.17) is 0 Å². The van der Waals surface area contributed by atoms with E-state index in [-0.39, 0.29) is 4.89 Å². The lowest BCUT2D eigenvalue weighted by Gasteiger charge is -2.02. The van der Waals surface area contributed by atoms with Gasteiger partial charge in [-0.2, -0.15) is 13.3 Å². The lowest BCUT2D eigenvalue weighted by molar-refractivity contribution is -0.339. The van der Waals surface area contributed by atoms with Crippen LogP contribution in [0.5, 0.6) is 0 Å². The fourth-order valence-corrected chi connectivity index (χ4v) is 0.291. The molecule has 0 amide bonds. The fraction of sp³-hybridized carbons (Fsp3) is 1.00. The molecule has 0 aromatic heterocycles. The van der Waals surface area contributed by atoms with Crippen molar-refractivity contribution in [2.45, 2.75) is 6.36 Å². The number of hydrogen-bond acceptors (Lipinski definition) is 3. The maximum atomic E-state index is 11.2. The average molecular weight is 183 g/mol. The van der Waals surface area contributed by atoms with Crippen molar-refractivity contribution in [3.63, 3.8) is 0 Å². The summed E-state index contributed by atoms with van der Waals surface area (Å²) in [5.41, 5.74) is 0. The van der Waals surface area contributed by atoms with E-state index >= 15 is 0 Å². The van der Waals surface area contributed by atoms with Crippen LogP contribution in [0.3, 0.4) is 0 Å². The first-order valence-electron chi connectivity index (χ1n) is 1.67. The van der Waals surface area contributed by atoms with Gasteiger partial charge in [0.2, 0.25) is 0 Å². The molecule has 0 aliphatic rings. The molecule has 0 aromatic carbocycles. The van der Waals surface area contributed by atoms with Gasteiger partial charge < -0.3 is 0 Å². The Kier molecular flexibility index (Phi) is 2.57. The molecular formula is CHF4NO3S. The van der Waals surface area contributed by atoms with Crippen LogP contribution in [0.25, 0.3) is 0 Å². The van der Waals surface area contributed by atoms with Gasteiger partial charge in [-0.15, -0.1) is 13.2 Å². The zero-order valence-corrected chi connectivity index (χ0v) is 4.96. The van der Waals surface area contributed by atoms with E-state index < -0.39 is 16.8 Å². The van der Waals surface area contributed by atoms with Crippen molar-refractivity contribution in [2.24, 2.45) is 0 Å². The molecule has 0 atom stereocenters. The molecule has 0 aromatic rings. The molecule has 0 unspecified atom stereocenters. The fourth-order valence-electron chi connectivity index (χ4n) is 0.0970. The van der Waals surface area contributed by atoms with Crippen molar-refractivity contribution in [3.05, 3.63) is 0 Å². The Hall–Kier alpha value is -0.410. The van der Waals surface area contributed by atoms with Gasteiger partial charge >= 0.3 is 16.8 Å². The molecule has 0 radical (unpaired) electrons. The molecule has 0 spiro atoms. The van der Waals surface area contributed by atoms with Gasteiger partial charge in [0, 0.05) is 0 Å². The van der Waals surface area contributed by atoms with Gasteiger partial charge in [0.25, 0.3) is 0 Å². The van der Waals surface area contributed by atoms with Crippen LogP contribution in [0.15, 0.2) is 0 Å². The summed E-state index contributed by atoms with van der Waals surface area (Å²) >= 11 is 0. The predicted octanol–water partition coefficient (Wildman–Crippen LogP) is 0.242. The SMILES string of the molecule is O=S(=O)(F)NOC(F)(F)F. The topological polar surface area (TPSA) is 55.4 Å². The minimum absolute atomic E-state index is 0.142. The zero-order chi connectivity index (χ0) is 8.41. The Morgan fingerprint density at radius 2 is 1.70 bits per heavy atom. The van der Waals surface area contributed by atoms with Crippen molar-refractivity contribution in [1.82, 2.24) is 4.89 Å². The Morgan fingerprint density at radius 3 is 1.80 bits per heavy atom. The summed E-state index contributed by atoms with van der Waals surface area (Å²) in [4.78, 5) is 2.52. The normalized spacial score (nSPS) is 13.6. The summed E-state index contributed by atoms with van der Waals surface area (Å²) < 4.78 is 62.3. The van der Waals surface area contributed by atoms with Crippen LogP contribution in [-0.4, -0.2) is 14.8 Å². The van der Waals surface area contributed by atoms with Crippen molar-refractivity contribution in [2.75, 3.05) is 0 Å². The highest BCUT2D eigenvalue weighted by molar-refractivity contribution is 7.84. The second-order valence-corrected chi connectivity index (χ2v) is 2.11. The van der Waals surface area contributed by atoms with Crippen LogP contribution in [-0.2, 0) is 15.2 Å². The lowest BCUT2D eigenvalue weighted by Crippen LogP contribution is -2.28. The number of hydrogen-bond donors (Lipinski definition) is 1. The molecule has 0 rings (SSSR count). The second-order valence-electron chi connectivity index (χ2n) is 1.07. The van der Waals surface area contributed by atoms with E-state index in [9.17, 15) is 25.5 Å². The first-order valence-corrected chi connectivity index (χ1v) is 3.05. The summed E-state index contributed by atoms with van der Waals surface area (Å²) in [7, 11) is -5.45. The summed E-state index contributed by atoms with van der Waals surface area (Å²) in [6.45, 7) is 0. The monoisotopic (exact) mass is 183 g/mol. The third-order valence-corrected chi connectivity index (χ3v) is 0.539. The summed E-state index contributed by atoms with van der Waals surface area (Å²) in [5, 5.41) is 0. The van der Waals surface area contributed by atoms with Gasteiger partial charge in [-0.05, 0) is 0 Å². The van der Waals surface area contributed by atoms with E-state index in [1.165, 1.54) is 0 Å². The molecular weight excluding hydrogens is 182 g/mol. The molecule has 0 heterocycles. The molecule has 10 heavy (non-hydrogen) atoms. The van der Waals surface area contributed by atoms with Gasteiger partial charge in [-0.3, -0.25) is 0 Å². The van der Waals surface area contributed by atoms with Crippen molar-refractivity contribution >= 4 is 10.4 Å². The van der Waals surface area contributed by atoms with Gasteiger partial charge in [0.15, 0.2) is 0 Å². The Balaban J connectivity index is 3.79. The van der Waals surface area contributed by atoms with Crippen LogP contribution in [0.4, 0.5) is 17.1 Å². The minimum Gasteiger partial charge on any atom is -0.186 e. The van der Waals surface area contributed by atoms with Crippen LogP contribution in [0.1, 0.15) is 0 Å². The largest absolute Gasteiger partial charge is 0.539 e. The maximum absolute atomic E-state index is 11.2. The quantitative estimate of drug-likeness (QED) is 0.379. The standard InChI is InChI=1S/CHF4NO3S/c2-1(3,4)9-6-10(5,7)8/h6H. The minimum atomic E-state index is -5.45. The van der Waals surface area contributed by atoms with E-state index in [1.807, 2.05) is 0 Å². The number of halogens is 4. The van der Waals surface area contributed by atoms with Gasteiger partial charge in [-0.25, -0.2) is 0 Å². The highest BCUT2D eigenvalue weighted by Gasteiger charge is 2.32. The molecule has 0 aliphatic carbocycles. The van der Waals surface area contributed by atoms with Crippen LogP contribution in [0, 0.1) is 0 Å². The Bertz CT molecular complexity index is 193. The summed E-state index contributed by atoms with van der Waals surface area (Å²) in [5.74, 6) is 0. The van der Waals surface area contributed by atoms with Crippen molar-refractivity contribution in [1.29, 1.82) is 0 Å². The molecule has 0 saturated heterocycles. The molecule has 0 saturated carbocycles. The predicted molar refractivity (Wildman–Crippen MR) is 20.3 cm³/mol. The third-order valence-electron chi connectivity index (χ3n) is 0.257. The van der Waals surface area contributed by atoms with Gasteiger partial charge in [0.1, 0.15) is 0 Å². The number of alkyl halides is 3. The van der Waals surface area contributed by atoms with E-state index in [0.29, 0.717) is 0 Å². The van der Waals surface area contributed by atoms with E-state index in [2.05, 4.69) is 4.84 Å². The lowest BCUT2D eigenvalue weighted by atomic mass is 11.4. The number of nitrogens with one attached hydrogen (secondary N) is 1. The molecule has 0 aliphatic heterocycles. The van der Waals surface area contributed by atoms with Crippen LogP contribution < -0.4 is 4.89 Å². The summed E-state index contributed by atoms with van der Waals surface area (Å²) in [6, 6.07) is 0. The zero-order valence-electron chi connectivity index (χ0n) is 4.14. The van der Waals surface area contributed by atoms with E-state index in [0.717, 1.165) is 0 Å². The first kappa shape index (κ1) is 9.59. The first-order chi connectivity index (χ1) is 4.21. The molecule has 9 heteroatoms. The van der Waals surface area contributed by atoms with Gasteiger partial charge in [0.05, 0.1) is 0 Å². The highest BCUT2D eigenvalue weighted by Crippen LogP contribution is 2.14. The molecule has 4 nitrogen and oxygen atoms in total. The number of rotatable bonds is 2. The Labute approximate surface area is 53.1 Å². The summed E-state index contributed by atoms with van der Waals surface area (Å²) in [6.07, 6.45) is -5.22. The van der Waals surface area contributed by atoms with Gasteiger partial charge in [-0.1, -0.05) is 8.77 Å². The van der Waals surface area contributed by atoms with Crippen LogP contribution >= 0.6 is 0 Å². The van der Waals surface area contributed by atoms with Crippen molar-refractivity contribution < 1.29 is 30.3 Å². The van der Waals surface area contributed by atoms with Crippen molar-refractivity contribution in [3.8, 4) is 0 Å². The third kappa shape index (κ3) is 7.59. The smallest absolute Gasteiger partial charge is 0.186 e. The molecule has 62 valence electrons. The van der Waals surface area contributed by atoms with Crippen LogP contribution in [0.2, 0.25) is 0 Å². The second kappa shape index (κ2) is 2.68. The molecule has 1 N–H and O–H groups in total. The Morgan fingerprint density at radius 1 is 1.30 bits per heavy atom. The highest BCUT2D eigenvalue weighted by atomic mass is 32.3. The van der Waals surface area contributed by atoms with E-state index in [1.54, 1.807) is 0 Å². The average Bonchev–Trinajstić information content (AvgIpc) is 1.57. The molecule has 0 bridgehead atoms. The molecule has 0 fully saturated rings. The maximum Gasteiger partial charge on any atom is 0.539 e.